The van der Waals surface area contributed by atoms with Crippen LogP contribution in [0.4, 0.5) is 0 Å². The molecule has 8 nitrogen and oxygen atoms in total. The Morgan fingerprint density at radius 1 is 0.317 bits per heavy atom. The molecule has 2 aliphatic rings. The van der Waals surface area contributed by atoms with Crippen LogP contribution in [0, 0.1) is 0 Å². The Kier molecular flexibility index (Phi) is 5.23. The van der Waals surface area contributed by atoms with Crippen LogP contribution in [0.15, 0.2) is 97.1 Å². The number of H-pyrrole nitrogens is 2. The van der Waals surface area contributed by atoms with E-state index in [4.69, 9.17) is 29.9 Å². The van der Waals surface area contributed by atoms with Crippen molar-refractivity contribution in [2.45, 2.75) is 0 Å². The summed E-state index contributed by atoms with van der Waals surface area (Å²) in [7, 11) is 0. The first-order valence-electron chi connectivity index (χ1n) is 13.0. The number of aromatic nitrogens is 8. The molecule has 0 fully saturated rings. The standard InChI is InChI=1S/C32H18N8.HI/c1-2-10-18-17(9-1)25-33-26(18)38-28-21-13-5-6-14-22(21)30(35-28)40-32-24-16-8-7-15-23(24)31(36-32)39-29-20-12-4-3-11-19(20)27(34-29)37-25;/h1-16H,(H2,33,34,35,36,37,38,39,40);1H. The maximum atomic E-state index is 5.02. The quantitative estimate of drug-likeness (QED) is 0.166. The van der Waals surface area contributed by atoms with E-state index in [1.54, 1.807) is 0 Å². The lowest BCUT2D eigenvalue weighted by Gasteiger charge is -1.96. The number of aromatic amines is 2. The summed E-state index contributed by atoms with van der Waals surface area (Å²) < 4.78 is 0. The maximum absolute atomic E-state index is 5.02. The SMILES string of the molecule is I.c1ccc2c(c1)-c1nc-2nc2[nH]c(nc3nc(nc4[nH]c(n1)c1ccccc41)-c1ccccc1-3)c1ccccc21. The summed E-state index contributed by atoms with van der Waals surface area (Å²) in [6.45, 7) is 0. The number of hydrogen-bond acceptors (Lipinski definition) is 6. The number of nitrogens with zero attached hydrogens (tertiary/aromatic N) is 6. The van der Waals surface area contributed by atoms with Crippen molar-refractivity contribution in [2.24, 2.45) is 0 Å². The minimum absolute atomic E-state index is 0. The lowest BCUT2D eigenvalue weighted by Crippen LogP contribution is -1.82. The molecule has 0 aliphatic carbocycles. The first kappa shape index (κ1) is 23.8. The maximum Gasteiger partial charge on any atom is 0.164 e. The first-order valence-corrected chi connectivity index (χ1v) is 13.0. The molecule has 0 saturated heterocycles. The molecule has 5 heterocycles. The summed E-state index contributed by atoms with van der Waals surface area (Å²) in [5, 5.41) is 3.82. The van der Waals surface area contributed by atoms with E-state index in [2.05, 4.69) is 9.97 Å². The third kappa shape index (κ3) is 3.59. The minimum atomic E-state index is 0. The van der Waals surface area contributed by atoms with E-state index in [-0.39, 0.29) is 24.0 Å². The Morgan fingerprint density at radius 2 is 0.561 bits per heavy atom. The molecular formula is C32H19IN8. The van der Waals surface area contributed by atoms with E-state index in [1.165, 1.54) is 0 Å². The highest BCUT2D eigenvalue weighted by Crippen LogP contribution is 2.36. The normalized spacial score (nSPS) is 11.7. The minimum Gasteiger partial charge on any atom is -0.324 e. The number of fused-ring (bicyclic) bond motifs is 20. The van der Waals surface area contributed by atoms with Crippen LogP contribution in [0.3, 0.4) is 0 Å². The molecule has 0 amide bonds. The van der Waals surface area contributed by atoms with Crippen LogP contribution in [-0.2, 0) is 0 Å². The van der Waals surface area contributed by atoms with Gasteiger partial charge in [-0.15, -0.1) is 24.0 Å². The van der Waals surface area contributed by atoms with Crippen molar-refractivity contribution in [1.82, 2.24) is 39.9 Å². The molecule has 0 radical (unpaired) electrons. The topological polar surface area (TPSA) is 109 Å². The van der Waals surface area contributed by atoms with Crippen LogP contribution in [-0.4, -0.2) is 39.9 Å². The van der Waals surface area contributed by atoms with Crippen LogP contribution in [0.5, 0.6) is 0 Å². The van der Waals surface area contributed by atoms with Crippen molar-refractivity contribution >= 4 is 68.1 Å². The van der Waals surface area contributed by atoms with Crippen LogP contribution in [0.1, 0.15) is 0 Å². The molecule has 2 aliphatic heterocycles. The Hall–Kier alpha value is -5.03. The second kappa shape index (κ2) is 9.00. The zero-order valence-electron chi connectivity index (χ0n) is 21.3. The van der Waals surface area contributed by atoms with E-state index >= 15 is 0 Å². The van der Waals surface area contributed by atoms with E-state index < -0.39 is 0 Å². The number of rotatable bonds is 0. The molecule has 0 atom stereocenters. The van der Waals surface area contributed by atoms with Gasteiger partial charge in [0.2, 0.25) is 0 Å². The van der Waals surface area contributed by atoms with Crippen molar-refractivity contribution in [2.75, 3.05) is 0 Å². The second-order valence-electron chi connectivity index (χ2n) is 9.79. The monoisotopic (exact) mass is 642 g/mol. The highest BCUT2D eigenvalue weighted by atomic mass is 127. The van der Waals surface area contributed by atoms with Crippen LogP contribution >= 0.6 is 24.0 Å². The molecule has 9 rings (SSSR count). The molecule has 2 N–H and O–H groups in total. The molecular weight excluding hydrogens is 623 g/mol. The van der Waals surface area contributed by atoms with Gasteiger partial charge in [-0.1, -0.05) is 97.1 Å². The van der Waals surface area contributed by atoms with Gasteiger partial charge in [-0.3, -0.25) is 0 Å². The largest absolute Gasteiger partial charge is 0.324 e. The third-order valence-corrected chi connectivity index (χ3v) is 7.46. The Bertz CT molecular complexity index is 2030. The second-order valence-corrected chi connectivity index (χ2v) is 9.79. The average Bonchev–Trinajstić information content (AvgIpc) is 3.73. The van der Waals surface area contributed by atoms with Gasteiger partial charge in [0.15, 0.2) is 23.3 Å². The highest BCUT2D eigenvalue weighted by molar-refractivity contribution is 14.0. The van der Waals surface area contributed by atoms with Crippen molar-refractivity contribution < 1.29 is 0 Å². The highest BCUT2D eigenvalue weighted by Gasteiger charge is 2.21. The van der Waals surface area contributed by atoms with Crippen molar-refractivity contribution in [3.8, 4) is 45.6 Å². The summed E-state index contributed by atoms with van der Waals surface area (Å²) in [6.07, 6.45) is 0. The van der Waals surface area contributed by atoms with Crippen molar-refractivity contribution in [3.63, 3.8) is 0 Å². The predicted molar refractivity (Wildman–Crippen MR) is 171 cm³/mol. The van der Waals surface area contributed by atoms with Crippen LogP contribution < -0.4 is 0 Å². The molecule has 0 saturated carbocycles. The van der Waals surface area contributed by atoms with Crippen molar-refractivity contribution in [3.05, 3.63) is 97.1 Å². The van der Waals surface area contributed by atoms with Gasteiger partial charge in [-0.05, 0) is 0 Å². The summed E-state index contributed by atoms with van der Waals surface area (Å²) in [5.41, 5.74) is 6.45. The average molecular weight is 642 g/mol. The van der Waals surface area contributed by atoms with Gasteiger partial charge in [-0.25, -0.2) is 29.9 Å². The fourth-order valence-corrected chi connectivity index (χ4v) is 5.59. The van der Waals surface area contributed by atoms with Gasteiger partial charge in [0.05, 0.1) is 0 Å². The van der Waals surface area contributed by atoms with Gasteiger partial charge in [-0.2, -0.15) is 0 Å². The lowest BCUT2D eigenvalue weighted by atomic mass is 10.1. The summed E-state index contributed by atoms with van der Waals surface area (Å²) in [4.78, 5) is 36.8. The Balaban J connectivity index is 0.00000256. The summed E-state index contributed by atoms with van der Waals surface area (Å²) in [5.74, 6) is 2.39. The third-order valence-electron chi connectivity index (χ3n) is 7.46. The van der Waals surface area contributed by atoms with Gasteiger partial charge < -0.3 is 9.97 Å². The smallest absolute Gasteiger partial charge is 0.164 e. The summed E-state index contributed by atoms with van der Waals surface area (Å²) in [6, 6.07) is 32.2. The predicted octanol–water partition coefficient (Wildman–Crippen LogP) is 7.49. The molecule has 9 heteroatoms. The van der Waals surface area contributed by atoms with Crippen molar-refractivity contribution in [1.29, 1.82) is 0 Å². The number of benzene rings is 4. The Morgan fingerprint density at radius 3 is 0.829 bits per heavy atom. The molecule has 8 bridgehead atoms. The lowest BCUT2D eigenvalue weighted by molar-refractivity contribution is 1.19. The van der Waals surface area contributed by atoms with E-state index in [9.17, 15) is 0 Å². The van der Waals surface area contributed by atoms with Gasteiger partial charge >= 0.3 is 0 Å². The molecule has 3 aromatic heterocycles. The Labute approximate surface area is 249 Å². The zero-order chi connectivity index (χ0) is 26.2. The number of hydrogen-bond donors (Lipinski definition) is 2. The summed E-state index contributed by atoms with van der Waals surface area (Å²) >= 11 is 0. The molecule has 4 aromatic carbocycles. The van der Waals surface area contributed by atoms with Crippen LogP contribution in [0.25, 0.3) is 89.7 Å². The first-order chi connectivity index (χ1) is 19.8. The van der Waals surface area contributed by atoms with Crippen LogP contribution in [0.2, 0.25) is 0 Å². The molecule has 0 unspecified atom stereocenters. The van der Waals surface area contributed by atoms with Gasteiger partial charge in [0.1, 0.15) is 22.6 Å². The van der Waals surface area contributed by atoms with E-state index in [1.807, 2.05) is 97.1 Å². The molecule has 0 spiro atoms. The van der Waals surface area contributed by atoms with Gasteiger partial charge in [0.25, 0.3) is 0 Å². The molecule has 194 valence electrons. The van der Waals surface area contributed by atoms with Gasteiger partial charge in [0, 0.05) is 43.8 Å². The zero-order valence-corrected chi connectivity index (χ0v) is 23.7. The molecule has 41 heavy (non-hydrogen) atoms. The molecule has 7 aromatic rings. The van der Waals surface area contributed by atoms with E-state index in [0.717, 1.165) is 43.8 Å². The number of nitrogens with one attached hydrogen (secondary N) is 2. The number of halogens is 1. The fraction of sp³-hybridized carbons (Fsp3) is 0. The van der Waals surface area contributed by atoms with E-state index in [0.29, 0.717) is 45.9 Å². The fourth-order valence-electron chi connectivity index (χ4n) is 5.59.